The van der Waals surface area contributed by atoms with Gasteiger partial charge in [0.2, 0.25) is 0 Å². The van der Waals surface area contributed by atoms with Crippen molar-refractivity contribution in [3.05, 3.63) is 65.8 Å². The Hall–Kier alpha value is -2.96. The fraction of sp³-hybridized carbons (Fsp3) is 0.429. The molecule has 0 radical (unpaired) electrons. The molecule has 146 valence electrons. The molecular weight excluding hydrogens is 352 g/mol. The summed E-state index contributed by atoms with van der Waals surface area (Å²) in [5.41, 5.74) is 2.83. The van der Waals surface area contributed by atoms with Gasteiger partial charge < -0.3 is 9.47 Å². The highest BCUT2D eigenvalue weighted by molar-refractivity contribution is 5.95. The molecule has 3 aromatic heterocycles. The quantitative estimate of drug-likeness (QED) is 0.685. The number of piperidine rings is 1. The molecule has 1 saturated heterocycles. The number of carbonyl (C=O) groups excluding carboxylic acids is 1. The van der Waals surface area contributed by atoms with E-state index in [0.29, 0.717) is 5.92 Å². The monoisotopic (exact) mass is 378 g/mol. The molecule has 0 aromatic carbocycles. The second kappa shape index (κ2) is 7.96. The van der Waals surface area contributed by atoms with Crippen molar-refractivity contribution in [3.8, 4) is 0 Å². The standard InChI is InChI=1S/C21H26N6O/c1-3-27-16(2)19(14-24-27)21(28)25-10-6-18(7-11-25)20-23-9-12-26(20)15-17-5-4-8-22-13-17/h4-5,8-9,12-14,18H,3,6-7,10-11,15H2,1-2H3. The lowest BCUT2D eigenvalue weighted by molar-refractivity contribution is 0.0709. The van der Waals surface area contributed by atoms with Crippen LogP contribution < -0.4 is 0 Å². The maximum atomic E-state index is 12.9. The first-order chi connectivity index (χ1) is 13.7. The van der Waals surface area contributed by atoms with Gasteiger partial charge in [-0.1, -0.05) is 6.07 Å². The van der Waals surface area contributed by atoms with Gasteiger partial charge in [-0.3, -0.25) is 14.5 Å². The number of amides is 1. The molecule has 0 saturated carbocycles. The number of carbonyl (C=O) groups is 1. The molecule has 0 bridgehead atoms. The van der Waals surface area contributed by atoms with Gasteiger partial charge in [-0.15, -0.1) is 0 Å². The van der Waals surface area contributed by atoms with Crippen LogP contribution in [0.15, 0.2) is 43.1 Å². The van der Waals surface area contributed by atoms with E-state index in [1.54, 1.807) is 12.4 Å². The van der Waals surface area contributed by atoms with Crippen LogP contribution in [0.4, 0.5) is 0 Å². The second-order valence-electron chi connectivity index (χ2n) is 7.30. The van der Waals surface area contributed by atoms with Gasteiger partial charge in [-0.25, -0.2) is 4.98 Å². The summed E-state index contributed by atoms with van der Waals surface area (Å²) in [7, 11) is 0. The smallest absolute Gasteiger partial charge is 0.257 e. The van der Waals surface area contributed by atoms with E-state index in [1.807, 2.05) is 48.1 Å². The molecule has 7 nitrogen and oxygen atoms in total. The predicted molar refractivity (Wildman–Crippen MR) is 106 cm³/mol. The van der Waals surface area contributed by atoms with Gasteiger partial charge in [0.1, 0.15) is 5.82 Å². The van der Waals surface area contributed by atoms with Crippen LogP contribution in [-0.2, 0) is 13.1 Å². The fourth-order valence-corrected chi connectivity index (χ4v) is 3.99. The molecular formula is C21H26N6O. The van der Waals surface area contributed by atoms with Gasteiger partial charge in [0, 0.05) is 56.0 Å². The van der Waals surface area contributed by atoms with E-state index in [0.717, 1.165) is 61.7 Å². The van der Waals surface area contributed by atoms with Gasteiger partial charge >= 0.3 is 0 Å². The summed E-state index contributed by atoms with van der Waals surface area (Å²) < 4.78 is 4.07. The minimum atomic E-state index is 0.0920. The van der Waals surface area contributed by atoms with Crippen LogP contribution in [0.25, 0.3) is 0 Å². The molecule has 1 aliphatic heterocycles. The lowest BCUT2D eigenvalue weighted by atomic mass is 9.95. The van der Waals surface area contributed by atoms with Gasteiger partial charge in [0.05, 0.1) is 18.3 Å². The summed E-state index contributed by atoms with van der Waals surface area (Å²) in [6.07, 6.45) is 11.1. The Morgan fingerprint density at radius 2 is 2.04 bits per heavy atom. The van der Waals surface area contributed by atoms with E-state index in [9.17, 15) is 4.79 Å². The molecule has 1 fully saturated rings. The summed E-state index contributed by atoms with van der Waals surface area (Å²) in [4.78, 5) is 23.7. The summed E-state index contributed by atoms with van der Waals surface area (Å²) in [5, 5.41) is 4.31. The van der Waals surface area contributed by atoms with E-state index >= 15 is 0 Å². The van der Waals surface area contributed by atoms with Crippen molar-refractivity contribution < 1.29 is 4.79 Å². The highest BCUT2D eigenvalue weighted by Crippen LogP contribution is 2.28. The molecule has 4 rings (SSSR count). The minimum Gasteiger partial charge on any atom is -0.338 e. The Balaban J connectivity index is 1.41. The average Bonchev–Trinajstić information content (AvgIpc) is 3.34. The first-order valence-electron chi connectivity index (χ1n) is 9.89. The summed E-state index contributed by atoms with van der Waals surface area (Å²) in [6.45, 7) is 7.05. The van der Waals surface area contributed by atoms with E-state index in [2.05, 4.69) is 25.7 Å². The van der Waals surface area contributed by atoms with E-state index in [-0.39, 0.29) is 5.91 Å². The van der Waals surface area contributed by atoms with Crippen LogP contribution >= 0.6 is 0 Å². The lowest BCUT2D eigenvalue weighted by Gasteiger charge is -2.32. The maximum absolute atomic E-state index is 12.9. The zero-order valence-corrected chi connectivity index (χ0v) is 16.5. The summed E-state index contributed by atoms with van der Waals surface area (Å²) in [6, 6.07) is 4.04. The second-order valence-corrected chi connectivity index (χ2v) is 7.30. The minimum absolute atomic E-state index is 0.0920. The molecule has 0 unspecified atom stereocenters. The highest BCUT2D eigenvalue weighted by atomic mass is 16.2. The molecule has 1 amide bonds. The molecule has 1 aliphatic rings. The lowest BCUT2D eigenvalue weighted by Crippen LogP contribution is -2.38. The number of aromatic nitrogens is 5. The largest absolute Gasteiger partial charge is 0.338 e. The molecule has 0 N–H and O–H groups in total. The van der Waals surface area contributed by atoms with Crippen molar-refractivity contribution in [1.29, 1.82) is 0 Å². The average molecular weight is 378 g/mol. The van der Waals surface area contributed by atoms with Crippen molar-refractivity contribution >= 4 is 5.91 Å². The van der Waals surface area contributed by atoms with Crippen LogP contribution in [0.5, 0.6) is 0 Å². The zero-order chi connectivity index (χ0) is 19.5. The van der Waals surface area contributed by atoms with E-state index in [4.69, 9.17) is 0 Å². The van der Waals surface area contributed by atoms with Gasteiger partial charge in [0.15, 0.2) is 0 Å². The third-order valence-electron chi connectivity index (χ3n) is 5.60. The Morgan fingerprint density at radius 1 is 1.21 bits per heavy atom. The van der Waals surface area contributed by atoms with Crippen LogP contribution in [0, 0.1) is 6.92 Å². The molecule has 7 heteroatoms. The van der Waals surface area contributed by atoms with E-state index in [1.165, 1.54) is 0 Å². The summed E-state index contributed by atoms with van der Waals surface area (Å²) in [5.74, 6) is 1.57. The molecule has 3 aromatic rings. The third-order valence-corrected chi connectivity index (χ3v) is 5.60. The highest BCUT2D eigenvalue weighted by Gasteiger charge is 2.28. The van der Waals surface area contributed by atoms with Gasteiger partial charge in [0.25, 0.3) is 5.91 Å². The molecule has 28 heavy (non-hydrogen) atoms. The number of hydrogen-bond donors (Lipinski definition) is 0. The van der Waals surface area contributed by atoms with Gasteiger partial charge in [-0.2, -0.15) is 5.10 Å². The number of imidazole rings is 1. The number of nitrogens with zero attached hydrogens (tertiary/aromatic N) is 6. The number of likely N-dealkylation sites (tertiary alicyclic amines) is 1. The van der Waals surface area contributed by atoms with Crippen molar-refractivity contribution in [2.75, 3.05) is 13.1 Å². The molecule has 0 atom stereocenters. The number of aryl methyl sites for hydroxylation is 1. The Bertz CT molecular complexity index is 937. The van der Waals surface area contributed by atoms with Crippen molar-refractivity contribution in [3.63, 3.8) is 0 Å². The van der Waals surface area contributed by atoms with Crippen LogP contribution in [0.3, 0.4) is 0 Å². The van der Waals surface area contributed by atoms with Crippen LogP contribution in [-0.4, -0.2) is 48.2 Å². The zero-order valence-electron chi connectivity index (χ0n) is 16.5. The number of hydrogen-bond acceptors (Lipinski definition) is 4. The SMILES string of the molecule is CCn1ncc(C(=O)N2CCC(c3nccn3Cc3cccnc3)CC2)c1C. The molecule has 0 aliphatic carbocycles. The maximum Gasteiger partial charge on any atom is 0.257 e. The number of rotatable bonds is 5. The van der Waals surface area contributed by atoms with Crippen LogP contribution in [0.2, 0.25) is 0 Å². The Kier molecular flexibility index (Phi) is 5.23. The third kappa shape index (κ3) is 3.56. The van der Waals surface area contributed by atoms with E-state index < -0.39 is 0 Å². The Labute approximate surface area is 165 Å². The normalized spacial score (nSPS) is 15.1. The fourth-order valence-electron chi connectivity index (χ4n) is 3.99. The first kappa shape index (κ1) is 18.4. The van der Waals surface area contributed by atoms with Crippen LogP contribution in [0.1, 0.15) is 53.1 Å². The predicted octanol–water partition coefficient (Wildman–Crippen LogP) is 2.87. The molecule has 4 heterocycles. The Morgan fingerprint density at radius 3 is 2.71 bits per heavy atom. The van der Waals surface area contributed by atoms with Gasteiger partial charge in [-0.05, 0) is 38.3 Å². The number of pyridine rings is 1. The molecule has 0 spiro atoms. The van der Waals surface area contributed by atoms with Crippen molar-refractivity contribution in [2.45, 2.75) is 45.7 Å². The first-order valence-corrected chi connectivity index (χ1v) is 9.89. The van der Waals surface area contributed by atoms with Crippen molar-refractivity contribution in [1.82, 2.24) is 29.2 Å². The summed E-state index contributed by atoms with van der Waals surface area (Å²) >= 11 is 0. The van der Waals surface area contributed by atoms with Crippen molar-refractivity contribution in [2.24, 2.45) is 0 Å². The topological polar surface area (TPSA) is 68.8 Å².